The van der Waals surface area contributed by atoms with Crippen LogP contribution in [0.25, 0.3) is 0 Å². The topological polar surface area (TPSA) is 49.6 Å². The van der Waals surface area contributed by atoms with Crippen molar-refractivity contribution in [2.45, 2.75) is 45.3 Å². The molecule has 1 aromatic rings. The average molecular weight is 275 g/mol. The van der Waals surface area contributed by atoms with Crippen LogP contribution in [0, 0.1) is 0 Å². The van der Waals surface area contributed by atoms with Crippen LogP contribution < -0.4 is 5.73 Å². The Bertz CT molecular complexity index is 451. The van der Waals surface area contributed by atoms with Crippen LogP contribution >= 0.6 is 0 Å². The van der Waals surface area contributed by atoms with Gasteiger partial charge < -0.3 is 10.6 Å². The number of amides is 1. The number of nitrogens with two attached hydrogens (primary N) is 1. The second kappa shape index (κ2) is 6.27. The van der Waals surface area contributed by atoms with Gasteiger partial charge in [0.15, 0.2) is 0 Å². The van der Waals surface area contributed by atoms with Crippen molar-refractivity contribution in [3.63, 3.8) is 0 Å². The van der Waals surface area contributed by atoms with Crippen LogP contribution in [0.3, 0.4) is 0 Å². The summed E-state index contributed by atoms with van der Waals surface area (Å²) in [6, 6.07) is 8.74. The predicted octanol–water partition coefficient (Wildman–Crippen LogP) is 2.10. The second-order valence-corrected chi connectivity index (χ2v) is 5.98. The van der Waals surface area contributed by atoms with E-state index >= 15 is 0 Å². The highest BCUT2D eigenvalue weighted by atomic mass is 16.2. The summed E-state index contributed by atoms with van der Waals surface area (Å²) in [5, 5.41) is 0. The quantitative estimate of drug-likeness (QED) is 0.809. The molecule has 0 saturated heterocycles. The van der Waals surface area contributed by atoms with Crippen LogP contribution in [0.5, 0.6) is 0 Å². The van der Waals surface area contributed by atoms with E-state index < -0.39 is 0 Å². The molecule has 4 heteroatoms. The minimum Gasteiger partial charge on any atom is -0.399 e. The van der Waals surface area contributed by atoms with E-state index in [0.29, 0.717) is 12.6 Å². The molecule has 0 spiro atoms. The summed E-state index contributed by atoms with van der Waals surface area (Å²) >= 11 is 0. The molecule has 0 radical (unpaired) electrons. The lowest BCUT2D eigenvalue weighted by Crippen LogP contribution is -2.42. The van der Waals surface area contributed by atoms with Gasteiger partial charge >= 0.3 is 0 Å². The number of nitrogens with zero attached hydrogens (tertiary/aromatic N) is 2. The van der Waals surface area contributed by atoms with Crippen LogP contribution in [0.15, 0.2) is 24.3 Å². The molecule has 20 heavy (non-hydrogen) atoms. The minimum absolute atomic E-state index is 0.197. The molecule has 1 aromatic carbocycles. The maximum atomic E-state index is 12.2. The lowest BCUT2D eigenvalue weighted by molar-refractivity contribution is -0.132. The van der Waals surface area contributed by atoms with E-state index in [1.54, 1.807) is 0 Å². The van der Waals surface area contributed by atoms with Gasteiger partial charge in [-0.15, -0.1) is 0 Å². The summed E-state index contributed by atoms with van der Waals surface area (Å²) in [5.74, 6) is 0.197. The van der Waals surface area contributed by atoms with E-state index in [1.807, 2.05) is 50.1 Å². The Kier molecular flexibility index (Phi) is 4.65. The number of likely N-dealkylation sites (N-methyl/N-ethyl adjacent to an activating group) is 1. The molecule has 0 atom stereocenters. The number of anilines is 1. The first-order valence-electron chi connectivity index (χ1n) is 7.31. The standard InChI is InChI=1S/C16H25N3O/c1-12(2)18(3)16(20)11-19(15-8-9-15)10-13-4-6-14(17)7-5-13/h4-7,12,15H,8-11,17H2,1-3H3. The van der Waals surface area contributed by atoms with Gasteiger partial charge in [-0.2, -0.15) is 0 Å². The van der Waals surface area contributed by atoms with Crippen molar-refractivity contribution in [3.8, 4) is 0 Å². The molecule has 1 fully saturated rings. The number of carbonyl (C=O) groups is 1. The van der Waals surface area contributed by atoms with Crippen molar-refractivity contribution in [3.05, 3.63) is 29.8 Å². The Morgan fingerprint density at radius 2 is 1.90 bits per heavy atom. The summed E-state index contributed by atoms with van der Waals surface area (Å²) in [5.41, 5.74) is 7.70. The van der Waals surface area contributed by atoms with Crippen molar-refractivity contribution < 1.29 is 4.79 Å². The normalized spacial score (nSPS) is 14.8. The first kappa shape index (κ1) is 14.9. The Labute approximate surface area is 121 Å². The molecule has 1 saturated carbocycles. The zero-order valence-corrected chi connectivity index (χ0v) is 12.7. The first-order chi connectivity index (χ1) is 9.47. The van der Waals surface area contributed by atoms with E-state index in [9.17, 15) is 4.79 Å². The van der Waals surface area contributed by atoms with Crippen molar-refractivity contribution in [2.24, 2.45) is 0 Å². The van der Waals surface area contributed by atoms with E-state index in [4.69, 9.17) is 5.73 Å². The summed E-state index contributed by atoms with van der Waals surface area (Å²) < 4.78 is 0. The minimum atomic E-state index is 0.197. The number of benzene rings is 1. The number of carbonyl (C=O) groups excluding carboxylic acids is 1. The van der Waals surface area contributed by atoms with E-state index in [2.05, 4.69) is 4.90 Å². The number of nitrogen functional groups attached to an aromatic ring is 1. The van der Waals surface area contributed by atoms with Crippen molar-refractivity contribution >= 4 is 11.6 Å². The average Bonchev–Trinajstić information content (AvgIpc) is 3.23. The fourth-order valence-electron chi connectivity index (χ4n) is 2.18. The Hall–Kier alpha value is -1.55. The zero-order chi connectivity index (χ0) is 14.7. The third-order valence-corrected chi connectivity index (χ3v) is 3.93. The highest BCUT2D eigenvalue weighted by Crippen LogP contribution is 2.28. The summed E-state index contributed by atoms with van der Waals surface area (Å²) in [6.45, 7) is 5.41. The smallest absolute Gasteiger partial charge is 0.236 e. The van der Waals surface area contributed by atoms with E-state index in [1.165, 1.54) is 18.4 Å². The second-order valence-electron chi connectivity index (χ2n) is 5.98. The fraction of sp³-hybridized carbons (Fsp3) is 0.562. The van der Waals surface area contributed by atoms with Gasteiger partial charge in [0.2, 0.25) is 5.91 Å². The Balaban J connectivity index is 1.97. The van der Waals surface area contributed by atoms with Crippen molar-refractivity contribution in [1.82, 2.24) is 9.80 Å². The van der Waals surface area contributed by atoms with Crippen LogP contribution in [0.1, 0.15) is 32.3 Å². The molecule has 0 bridgehead atoms. The predicted molar refractivity (Wildman–Crippen MR) is 82.2 cm³/mol. The van der Waals surface area contributed by atoms with Gasteiger partial charge in [0.25, 0.3) is 0 Å². The van der Waals surface area contributed by atoms with Crippen molar-refractivity contribution in [1.29, 1.82) is 0 Å². The van der Waals surface area contributed by atoms with Gasteiger partial charge in [0.05, 0.1) is 6.54 Å². The monoisotopic (exact) mass is 275 g/mol. The molecule has 1 amide bonds. The van der Waals surface area contributed by atoms with Gasteiger partial charge in [0, 0.05) is 31.4 Å². The van der Waals surface area contributed by atoms with Crippen LogP contribution in [-0.2, 0) is 11.3 Å². The number of rotatable bonds is 6. The van der Waals surface area contributed by atoms with Crippen LogP contribution in [0.2, 0.25) is 0 Å². The van der Waals surface area contributed by atoms with Crippen LogP contribution in [0.4, 0.5) is 5.69 Å². The first-order valence-corrected chi connectivity index (χ1v) is 7.31. The summed E-state index contributed by atoms with van der Waals surface area (Å²) in [7, 11) is 1.88. The third-order valence-electron chi connectivity index (χ3n) is 3.93. The van der Waals surface area contributed by atoms with E-state index in [0.717, 1.165) is 12.2 Å². The van der Waals surface area contributed by atoms with E-state index in [-0.39, 0.29) is 11.9 Å². The van der Waals surface area contributed by atoms with Gasteiger partial charge in [-0.05, 0) is 44.4 Å². The maximum absolute atomic E-state index is 12.2. The van der Waals surface area contributed by atoms with Gasteiger partial charge in [-0.25, -0.2) is 0 Å². The highest BCUT2D eigenvalue weighted by Gasteiger charge is 2.31. The molecule has 0 unspecified atom stereocenters. The SMILES string of the molecule is CC(C)N(C)C(=O)CN(Cc1ccc(N)cc1)C1CC1. The number of hydrogen-bond acceptors (Lipinski definition) is 3. The molecule has 2 rings (SSSR count). The Morgan fingerprint density at radius 3 is 2.40 bits per heavy atom. The van der Waals surface area contributed by atoms with Gasteiger partial charge in [0.1, 0.15) is 0 Å². The molecule has 0 heterocycles. The van der Waals surface area contributed by atoms with Gasteiger partial charge in [-0.3, -0.25) is 9.69 Å². The maximum Gasteiger partial charge on any atom is 0.236 e. The largest absolute Gasteiger partial charge is 0.399 e. The molecule has 0 aliphatic heterocycles. The molecular weight excluding hydrogens is 250 g/mol. The van der Waals surface area contributed by atoms with Crippen LogP contribution in [-0.4, -0.2) is 41.4 Å². The lowest BCUT2D eigenvalue weighted by Gasteiger charge is -2.27. The molecule has 110 valence electrons. The third kappa shape index (κ3) is 3.97. The molecule has 4 nitrogen and oxygen atoms in total. The molecular formula is C16H25N3O. The Morgan fingerprint density at radius 1 is 1.30 bits per heavy atom. The summed E-state index contributed by atoms with van der Waals surface area (Å²) in [6.07, 6.45) is 2.40. The molecule has 1 aliphatic carbocycles. The number of hydrogen-bond donors (Lipinski definition) is 1. The molecule has 2 N–H and O–H groups in total. The fourth-order valence-corrected chi connectivity index (χ4v) is 2.18. The summed E-state index contributed by atoms with van der Waals surface area (Å²) in [4.78, 5) is 16.3. The molecule has 0 aromatic heterocycles. The highest BCUT2D eigenvalue weighted by molar-refractivity contribution is 5.78. The zero-order valence-electron chi connectivity index (χ0n) is 12.7. The lowest BCUT2D eigenvalue weighted by atomic mass is 10.2. The van der Waals surface area contributed by atoms with Gasteiger partial charge in [-0.1, -0.05) is 12.1 Å². The molecule has 1 aliphatic rings. The van der Waals surface area contributed by atoms with Crippen molar-refractivity contribution in [2.75, 3.05) is 19.3 Å².